The largest absolute Gasteiger partial charge is 0.459 e. The van der Waals surface area contributed by atoms with E-state index in [1.807, 2.05) is 6.92 Å². The molecule has 0 radical (unpaired) electrons. The molecule has 3 heterocycles. The fraction of sp³-hybridized carbons (Fsp3) is 0.469. The van der Waals surface area contributed by atoms with E-state index in [-0.39, 0.29) is 36.9 Å². The molecule has 4 aromatic rings. The minimum absolute atomic E-state index is 0.0870. The Morgan fingerprint density at radius 2 is 1.29 bits per heavy atom. The van der Waals surface area contributed by atoms with E-state index in [2.05, 4.69) is 10.3 Å². The number of unbranched alkanes of at least 4 members (excludes halogenated alkanes) is 4. The molecule has 17 heteroatoms. The number of esters is 3. The molecule has 1 unspecified atom stereocenters. The van der Waals surface area contributed by atoms with E-state index < -0.39 is 78.7 Å². The fourth-order valence-corrected chi connectivity index (χ4v) is 7.81. The molecule has 4 N–H and O–H groups in total. The lowest BCUT2D eigenvalue weighted by Crippen LogP contribution is -2.58. The number of aliphatic hydroxyl groups is 1. The van der Waals surface area contributed by atoms with Crippen molar-refractivity contribution in [2.24, 2.45) is 5.92 Å². The molecule has 0 aliphatic carbocycles. The molecule has 2 saturated heterocycles. The van der Waals surface area contributed by atoms with Crippen molar-refractivity contribution < 1.29 is 57.4 Å². The zero-order valence-corrected chi connectivity index (χ0v) is 37.3. The van der Waals surface area contributed by atoms with Crippen LogP contribution in [0.15, 0.2) is 108 Å². The topological polar surface area (TPSA) is 226 Å². The minimum Gasteiger partial charge on any atom is -0.459 e. The van der Waals surface area contributed by atoms with Gasteiger partial charge in [0.1, 0.15) is 36.8 Å². The van der Waals surface area contributed by atoms with Crippen LogP contribution in [0, 0.1) is 5.92 Å². The second-order valence-corrected chi connectivity index (χ2v) is 16.3. The van der Waals surface area contributed by atoms with Crippen LogP contribution < -0.4 is 16.7 Å². The van der Waals surface area contributed by atoms with Crippen LogP contribution in [-0.4, -0.2) is 108 Å². The molecule has 66 heavy (non-hydrogen) atoms. The maximum Gasteiger partial charge on any atom is 0.351 e. The number of benzene rings is 3. The summed E-state index contributed by atoms with van der Waals surface area (Å²) in [5, 5.41) is 13.8. The van der Waals surface area contributed by atoms with Gasteiger partial charge >= 0.3 is 23.6 Å². The first-order chi connectivity index (χ1) is 32.0. The maximum absolute atomic E-state index is 13.5. The first-order valence-corrected chi connectivity index (χ1v) is 22.6. The van der Waals surface area contributed by atoms with Crippen LogP contribution in [0.4, 0.5) is 5.82 Å². The Balaban J connectivity index is 0.955. The van der Waals surface area contributed by atoms with Gasteiger partial charge < -0.3 is 49.3 Å². The lowest BCUT2D eigenvalue weighted by molar-refractivity contribution is -0.281. The molecule has 6 rings (SSSR count). The molecule has 2 aliphatic heterocycles. The van der Waals surface area contributed by atoms with Gasteiger partial charge in [0, 0.05) is 38.3 Å². The summed E-state index contributed by atoms with van der Waals surface area (Å²) >= 11 is 0. The number of hydrogen-bond donors (Lipinski definition) is 3. The van der Waals surface area contributed by atoms with Gasteiger partial charge in [0.05, 0.1) is 22.8 Å². The van der Waals surface area contributed by atoms with Crippen molar-refractivity contribution in [3.05, 3.63) is 130 Å². The number of aliphatic hydroxyl groups excluding tert-OH is 1. The van der Waals surface area contributed by atoms with E-state index in [0.29, 0.717) is 50.0 Å². The van der Waals surface area contributed by atoms with Gasteiger partial charge in [0.25, 0.3) is 0 Å². The van der Waals surface area contributed by atoms with Gasteiger partial charge in [-0.3, -0.25) is 9.36 Å². The highest BCUT2D eigenvalue weighted by Gasteiger charge is 2.50. The van der Waals surface area contributed by atoms with Crippen molar-refractivity contribution in [2.45, 2.75) is 114 Å². The molecule has 0 spiro atoms. The summed E-state index contributed by atoms with van der Waals surface area (Å²) in [6.45, 7) is 4.39. The molecule has 1 aromatic heterocycles. The zero-order chi connectivity index (χ0) is 46.8. The lowest BCUT2D eigenvalue weighted by atomic mass is 9.91. The van der Waals surface area contributed by atoms with Gasteiger partial charge in [-0.2, -0.15) is 4.98 Å². The summed E-state index contributed by atoms with van der Waals surface area (Å²) in [5.74, 6) is -2.57. The molecular formula is C49H60N4O13. The number of rotatable bonds is 23. The zero-order valence-electron chi connectivity index (χ0n) is 37.3. The number of carbonyl (C=O) groups excluding carboxylic acids is 4. The molecule has 2 fully saturated rings. The number of nitrogens with two attached hydrogens (primary N) is 1. The van der Waals surface area contributed by atoms with Gasteiger partial charge in [0.2, 0.25) is 5.91 Å². The number of hydrogen-bond acceptors (Lipinski definition) is 15. The Labute approximate surface area is 383 Å². The first-order valence-electron chi connectivity index (χ1n) is 22.6. The summed E-state index contributed by atoms with van der Waals surface area (Å²) in [7, 11) is 0. The molecule has 0 saturated carbocycles. The summed E-state index contributed by atoms with van der Waals surface area (Å²) < 4.78 is 43.6. The first kappa shape index (κ1) is 49.5. The molecular weight excluding hydrogens is 853 g/mol. The van der Waals surface area contributed by atoms with Crippen molar-refractivity contribution >= 4 is 29.6 Å². The van der Waals surface area contributed by atoms with Gasteiger partial charge in [-0.1, -0.05) is 81.3 Å². The Morgan fingerprint density at radius 1 is 0.712 bits per heavy atom. The fourth-order valence-electron chi connectivity index (χ4n) is 7.81. The highest BCUT2D eigenvalue weighted by molar-refractivity contribution is 5.91. The van der Waals surface area contributed by atoms with Crippen LogP contribution in [0.25, 0.3) is 0 Å². The average Bonchev–Trinajstić information content (AvgIpc) is 3.65. The monoisotopic (exact) mass is 912 g/mol. The molecule has 3 aromatic carbocycles. The summed E-state index contributed by atoms with van der Waals surface area (Å²) in [5.41, 5.74) is 5.94. The Morgan fingerprint density at radius 3 is 1.91 bits per heavy atom. The Bertz CT molecular complexity index is 2210. The molecule has 1 amide bonds. The number of anilines is 1. The molecule has 17 nitrogen and oxygen atoms in total. The average molecular weight is 913 g/mol. The van der Waals surface area contributed by atoms with E-state index in [4.69, 9.17) is 38.9 Å². The minimum atomic E-state index is -1.18. The number of nitrogens with one attached hydrogen (secondary N) is 1. The van der Waals surface area contributed by atoms with Crippen LogP contribution >= 0.6 is 0 Å². The van der Waals surface area contributed by atoms with Crippen molar-refractivity contribution in [3.8, 4) is 0 Å². The van der Waals surface area contributed by atoms with E-state index >= 15 is 0 Å². The highest BCUT2D eigenvalue weighted by Crippen LogP contribution is 2.34. The van der Waals surface area contributed by atoms with Gasteiger partial charge in [-0.25, -0.2) is 19.2 Å². The highest BCUT2D eigenvalue weighted by atomic mass is 16.7. The van der Waals surface area contributed by atoms with Gasteiger partial charge in [0.15, 0.2) is 18.6 Å². The van der Waals surface area contributed by atoms with Crippen LogP contribution in [0.2, 0.25) is 0 Å². The smallest absolute Gasteiger partial charge is 0.351 e. The van der Waals surface area contributed by atoms with Gasteiger partial charge in [-0.15, -0.1) is 0 Å². The van der Waals surface area contributed by atoms with Crippen molar-refractivity contribution in [1.82, 2.24) is 14.9 Å². The van der Waals surface area contributed by atoms with Crippen LogP contribution in [0.1, 0.15) is 103 Å². The third-order valence-electron chi connectivity index (χ3n) is 11.5. The number of aromatic nitrogens is 2. The van der Waals surface area contributed by atoms with E-state index in [9.17, 15) is 29.1 Å². The number of nitrogens with zero attached hydrogens (tertiary/aromatic N) is 2. The predicted octanol–water partition coefficient (Wildman–Crippen LogP) is 5.41. The SMILES string of the molecule is CC[C@H]1O[C@@H](n2ccc(N)nc2=O)[C@@H](OCCCCCCNC(=O)CCCCO[C@@H]2O[C@H](COC(=O)c3ccccc3)[C@H](OC(=O)c3ccccc3)[C@H](OC(=O)c3ccccc3)[C@H]2C)C1O. The molecule has 354 valence electrons. The van der Waals surface area contributed by atoms with Crippen LogP contribution in [0.3, 0.4) is 0 Å². The summed E-state index contributed by atoms with van der Waals surface area (Å²) in [4.78, 5) is 68.9. The van der Waals surface area contributed by atoms with Crippen molar-refractivity contribution in [2.75, 3.05) is 32.1 Å². The second kappa shape index (κ2) is 25.1. The molecule has 0 bridgehead atoms. The third-order valence-corrected chi connectivity index (χ3v) is 11.5. The normalized spacial score (nSPS) is 23.7. The van der Waals surface area contributed by atoms with E-state index in [0.717, 1.165) is 19.3 Å². The van der Waals surface area contributed by atoms with E-state index in [1.54, 1.807) is 97.9 Å². The van der Waals surface area contributed by atoms with E-state index in [1.165, 1.54) is 16.8 Å². The lowest BCUT2D eigenvalue weighted by Gasteiger charge is -2.44. The Hall–Kier alpha value is -5.98. The summed E-state index contributed by atoms with van der Waals surface area (Å²) in [6.07, 6.45) is -0.685. The molecule has 9 atom stereocenters. The number of carbonyl (C=O) groups is 4. The number of ether oxygens (including phenoxy) is 7. The standard InChI is InChI=1S/C49H60N4O13/c1-3-36-40(55)43(44(63-36)53-28-26-38(50)52-49(53)59)60-29-17-5-4-16-27-51-39(54)25-15-18-30-61-48-32(2)41(65-46(57)34-21-11-7-12-22-34)42(66-47(58)35-23-13-8-14-24-35)37(64-48)31-62-45(56)33-19-9-6-10-20-33/h6-14,19-24,26,28,32,36-37,40-44,48,55H,3-5,15-18,25,27,29-31H2,1-2H3,(H,51,54)(H2,50,52,59)/t32-,36-,37-,40?,41-,42+,43+,44-,48-/m1/s1. The predicted molar refractivity (Wildman–Crippen MR) is 240 cm³/mol. The Kier molecular flexibility index (Phi) is 18.8. The second-order valence-electron chi connectivity index (χ2n) is 16.3. The van der Waals surface area contributed by atoms with Crippen LogP contribution in [-0.2, 0) is 38.0 Å². The third kappa shape index (κ3) is 13.8. The van der Waals surface area contributed by atoms with Crippen molar-refractivity contribution in [1.29, 1.82) is 0 Å². The molecule has 2 aliphatic rings. The quantitative estimate of drug-likeness (QED) is 0.0480. The summed E-state index contributed by atoms with van der Waals surface area (Å²) in [6, 6.07) is 26.7. The van der Waals surface area contributed by atoms with Crippen molar-refractivity contribution in [3.63, 3.8) is 0 Å². The number of nitrogen functional groups attached to an aromatic ring is 1. The van der Waals surface area contributed by atoms with Gasteiger partial charge in [-0.05, 0) is 74.6 Å². The van der Waals surface area contributed by atoms with Crippen LogP contribution in [0.5, 0.6) is 0 Å². The number of amides is 1. The maximum atomic E-state index is 13.5.